The summed E-state index contributed by atoms with van der Waals surface area (Å²) in [5, 5.41) is 8.79. The molecule has 0 heterocycles. The summed E-state index contributed by atoms with van der Waals surface area (Å²) < 4.78 is 33.3. The zero-order valence-electron chi connectivity index (χ0n) is 10.1. The maximum absolute atomic E-state index is 12.1. The highest BCUT2D eigenvalue weighted by atomic mass is 127. The first-order valence-corrected chi connectivity index (χ1v) is 7.61. The Morgan fingerprint density at radius 1 is 1.50 bits per heavy atom. The number of nitrogens with zero attached hydrogens (tertiary/aromatic N) is 1. The van der Waals surface area contributed by atoms with Crippen LogP contribution in [0.15, 0.2) is 23.1 Å². The second-order valence-electron chi connectivity index (χ2n) is 3.51. The molecule has 1 aromatic rings. The van der Waals surface area contributed by atoms with Gasteiger partial charge in [0, 0.05) is 19.7 Å². The molecule has 0 unspecified atom stereocenters. The van der Waals surface area contributed by atoms with Crippen LogP contribution in [0.2, 0.25) is 0 Å². The van der Waals surface area contributed by atoms with E-state index in [2.05, 4.69) is 3.53 Å². The molecule has 0 radical (unpaired) electrons. The minimum absolute atomic E-state index is 0.0525. The Hall–Kier alpha value is -0.580. The molecule has 0 spiro atoms. The van der Waals surface area contributed by atoms with Crippen LogP contribution in [0.25, 0.3) is 0 Å². The molecule has 0 aliphatic rings. The zero-order valence-corrected chi connectivity index (χ0v) is 13.0. The van der Waals surface area contributed by atoms with Crippen molar-refractivity contribution in [2.75, 3.05) is 30.8 Å². The van der Waals surface area contributed by atoms with Crippen LogP contribution >= 0.6 is 22.9 Å². The van der Waals surface area contributed by atoms with E-state index >= 15 is 0 Å². The lowest BCUT2D eigenvalue weighted by molar-refractivity contribution is 0.266. The number of halogens is 1. The van der Waals surface area contributed by atoms with Crippen LogP contribution in [0, 0.1) is 0 Å². The van der Waals surface area contributed by atoms with Crippen LogP contribution in [0.1, 0.15) is 0 Å². The van der Waals surface area contributed by atoms with Gasteiger partial charge in [0.05, 0.1) is 47.2 Å². The number of likely N-dealkylation sites (N-methyl/N-ethyl adjacent to an activating group) is 1. The van der Waals surface area contributed by atoms with E-state index in [9.17, 15) is 8.42 Å². The van der Waals surface area contributed by atoms with Crippen molar-refractivity contribution in [1.29, 1.82) is 0 Å². The lowest BCUT2D eigenvalue weighted by Crippen LogP contribution is -2.29. The topological polar surface area (TPSA) is 78.9 Å². The average molecular weight is 386 g/mol. The van der Waals surface area contributed by atoms with Crippen LogP contribution in [0.4, 0.5) is 5.69 Å². The molecule has 1 rings (SSSR count). The van der Waals surface area contributed by atoms with Crippen LogP contribution in [0.5, 0.6) is 5.75 Å². The Morgan fingerprint density at radius 2 is 2.17 bits per heavy atom. The first-order valence-electron chi connectivity index (χ1n) is 5.09. The summed E-state index contributed by atoms with van der Waals surface area (Å²) in [4.78, 5) is 0.130. The number of rotatable bonds is 6. The second kappa shape index (κ2) is 6.55. The largest absolute Gasteiger partial charge is 0.495 e. The van der Waals surface area contributed by atoms with Gasteiger partial charge in [0.1, 0.15) is 5.75 Å². The van der Waals surface area contributed by atoms with E-state index in [0.29, 0.717) is 11.4 Å². The summed E-state index contributed by atoms with van der Waals surface area (Å²) >= 11 is 1.94. The Kier molecular flexibility index (Phi) is 5.63. The molecule has 2 N–H and O–H groups in total. The van der Waals surface area contributed by atoms with E-state index in [1.807, 2.05) is 22.9 Å². The molecular weight excluding hydrogens is 371 g/mol. The maximum atomic E-state index is 12.1. The second-order valence-corrected chi connectivity index (χ2v) is 6.09. The Labute approximate surface area is 120 Å². The monoisotopic (exact) mass is 386 g/mol. The van der Waals surface area contributed by atoms with Crippen molar-refractivity contribution in [2.24, 2.45) is 0 Å². The van der Waals surface area contributed by atoms with E-state index in [-0.39, 0.29) is 18.0 Å². The molecule has 1 aromatic carbocycles. The van der Waals surface area contributed by atoms with Crippen molar-refractivity contribution < 1.29 is 18.3 Å². The number of sulfonamides is 1. The van der Waals surface area contributed by atoms with E-state index in [4.69, 9.17) is 9.84 Å². The summed E-state index contributed by atoms with van der Waals surface area (Å²) in [6.45, 7) is -0.169. The Bertz CT molecular complexity index is 507. The van der Waals surface area contributed by atoms with Crippen molar-refractivity contribution in [2.45, 2.75) is 4.90 Å². The molecule has 0 saturated heterocycles. The van der Waals surface area contributed by atoms with Crippen molar-refractivity contribution in [3.8, 4) is 5.75 Å². The molecular formula is C10H15IN2O4S. The van der Waals surface area contributed by atoms with Gasteiger partial charge in [-0.15, -0.1) is 0 Å². The summed E-state index contributed by atoms with van der Waals surface area (Å²) in [6.07, 6.45) is 0. The predicted octanol–water partition coefficient (Wildman–Crippen LogP) is 1.07. The van der Waals surface area contributed by atoms with Gasteiger partial charge in [-0.2, -0.15) is 4.31 Å². The number of nitrogens with one attached hydrogen (secondary N) is 1. The third-order valence-electron chi connectivity index (χ3n) is 2.40. The van der Waals surface area contributed by atoms with Crippen LogP contribution in [-0.2, 0) is 10.0 Å². The number of hydrogen-bond acceptors (Lipinski definition) is 5. The van der Waals surface area contributed by atoms with Gasteiger partial charge < -0.3 is 13.4 Å². The Morgan fingerprint density at radius 3 is 2.67 bits per heavy atom. The van der Waals surface area contributed by atoms with Gasteiger partial charge in [0.25, 0.3) is 0 Å². The standard InChI is InChI=1S/C10H15IN2O4S/c1-13(5-6-14)18(15,16)8-3-4-9(12-11)10(7-8)17-2/h3-4,7,12,14H,5-6H2,1-2H3. The summed E-state index contributed by atoms with van der Waals surface area (Å²) in [7, 11) is -0.704. The third-order valence-corrected chi connectivity index (χ3v) is 4.83. The fourth-order valence-corrected chi connectivity index (χ4v) is 2.97. The van der Waals surface area contributed by atoms with E-state index in [1.54, 1.807) is 6.07 Å². The van der Waals surface area contributed by atoms with Gasteiger partial charge >= 0.3 is 0 Å². The molecule has 18 heavy (non-hydrogen) atoms. The highest BCUT2D eigenvalue weighted by molar-refractivity contribution is 14.1. The molecule has 6 nitrogen and oxygen atoms in total. The molecule has 0 atom stereocenters. The minimum atomic E-state index is -3.60. The van der Waals surface area contributed by atoms with Crippen molar-refractivity contribution in [1.82, 2.24) is 4.31 Å². The van der Waals surface area contributed by atoms with Gasteiger partial charge in [-0.05, 0) is 12.1 Å². The van der Waals surface area contributed by atoms with Gasteiger partial charge in [0.2, 0.25) is 10.0 Å². The summed E-state index contributed by atoms with van der Waals surface area (Å²) in [6, 6.07) is 4.57. The first kappa shape index (κ1) is 15.5. The van der Waals surface area contributed by atoms with Crippen LogP contribution < -0.4 is 8.27 Å². The number of aliphatic hydroxyl groups excluding tert-OH is 1. The lowest BCUT2D eigenvalue weighted by Gasteiger charge is -2.17. The molecule has 0 bridgehead atoms. The normalized spacial score (nSPS) is 11.6. The molecule has 0 fully saturated rings. The fourth-order valence-electron chi connectivity index (χ4n) is 1.35. The third kappa shape index (κ3) is 3.25. The summed E-state index contributed by atoms with van der Waals surface area (Å²) in [5.41, 5.74) is 0.696. The van der Waals surface area contributed by atoms with E-state index < -0.39 is 10.0 Å². The predicted molar refractivity (Wildman–Crippen MR) is 77.5 cm³/mol. The highest BCUT2D eigenvalue weighted by Crippen LogP contribution is 2.29. The van der Waals surface area contributed by atoms with Crippen molar-refractivity contribution in [3.05, 3.63) is 18.2 Å². The van der Waals surface area contributed by atoms with E-state index in [1.165, 1.54) is 26.3 Å². The zero-order chi connectivity index (χ0) is 13.8. The number of anilines is 1. The average Bonchev–Trinajstić information content (AvgIpc) is 2.38. The highest BCUT2D eigenvalue weighted by Gasteiger charge is 2.21. The van der Waals surface area contributed by atoms with Gasteiger partial charge in [0.15, 0.2) is 0 Å². The summed E-state index contributed by atoms with van der Waals surface area (Å²) in [5.74, 6) is 0.447. The maximum Gasteiger partial charge on any atom is 0.243 e. The number of benzene rings is 1. The Balaban J connectivity index is 3.17. The minimum Gasteiger partial charge on any atom is -0.495 e. The number of hydrogen-bond donors (Lipinski definition) is 2. The number of ether oxygens (including phenoxy) is 1. The van der Waals surface area contributed by atoms with Crippen LogP contribution in [-0.4, -0.2) is 45.1 Å². The van der Waals surface area contributed by atoms with E-state index in [0.717, 1.165) is 4.31 Å². The fraction of sp³-hybridized carbons (Fsp3) is 0.400. The number of methoxy groups -OCH3 is 1. The van der Waals surface area contributed by atoms with Crippen molar-refractivity contribution >= 4 is 38.6 Å². The molecule has 0 aliphatic heterocycles. The van der Waals surface area contributed by atoms with Crippen LogP contribution in [0.3, 0.4) is 0 Å². The molecule has 0 aromatic heterocycles. The smallest absolute Gasteiger partial charge is 0.243 e. The van der Waals surface area contributed by atoms with Crippen molar-refractivity contribution in [3.63, 3.8) is 0 Å². The molecule has 8 heteroatoms. The van der Waals surface area contributed by atoms with Gasteiger partial charge in [-0.25, -0.2) is 8.42 Å². The molecule has 0 amide bonds. The quantitative estimate of drug-likeness (QED) is 0.565. The molecule has 0 saturated carbocycles. The molecule has 102 valence electrons. The lowest BCUT2D eigenvalue weighted by atomic mass is 10.3. The number of aliphatic hydroxyl groups is 1. The van der Waals surface area contributed by atoms with Gasteiger partial charge in [-0.3, -0.25) is 0 Å². The molecule has 0 aliphatic carbocycles. The van der Waals surface area contributed by atoms with Gasteiger partial charge in [-0.1, -0.05) is 0 Å². The first-order chi connectivity index (χ1) is 8.47. The SMILES string of the molecule is COc1cc(S(=O)(=O)N(C)CCO)ccc1NI.